The van der Waals surface area contributed by atoms with Gasteiger partial charge in [-0.3, -0.25) is 0 Å². The summed E-state index contributed by atoms with van der Waals surface area (Å²) in [6, 6.07) is 10.1. The van der Waals surface area contributed by atoms with Crippen LogP contribution in [0, 0.1) is 0 Å². The molecule has 0 aromatic heterocycles. The lowest BCUT2D eigenvalue weighted by molar-refractivity contribution is -0.279. The molecule has 0 bridgehead atoms. The highest BCUT2D eigenvalue weighted by atomic mass is 16.7. The fourth-order valence-corrected chi connectivity index (χ4v) is 3.03. The Kier molecular flexibility index (Phi) is 11.6. The second kappa shape index (κ2) is 13.2. The molecule has 25 heavy (non-hydrogen) atoms. The minimum atomic E-state index is -0.643. The Bertz CT molecular complexity index is 411. The molecule has 0 saturated heterocycles. The highest BCUT2D eigenvalue weighted by Gasteiger charge is 2.39. The molecule has 0 amide bonds. The average molecular weight is 350 g/mol. The van der Waals surface area contributed by atoms with Crippen molar-refractivity contribution in [2.24, 2.45) is 0 Å². The number of ether oxygens (including phenoxy) is 2. The molecule has 0 saturated carbocycles. The second-order valence-electron chi connectivity index (χ2n) is 6.72. The molecule has 3 heteroatoms. The number of benzene rings is 1. The zero-order valence-corrected chi connectivity index (χ0v) is 16.9. The maximum absolute atomic E-state index is 6.55. The maximum atomic E-state index is 6.55. The van der Waals surface area contributed by atoms with Crippen LogP contribution < -0.4 is 4.74 Å². The van der Waals surface area contributed by atoms with Crippen LogP contribution in [0.3, 0.4) is 0 Å². The first-order valence-corrected chi connectivity index (χ1v) is 10.3. The third kappa shape index (κ3) is 7.79. The summed E-state index contributed by atoms with van der Waals surface area (Å²) in [5.74, 6) is 0.251. The summed E-state index contributed by atoms with van der Waals surface area (Å²) in [5, 5.41) is 0. The highest BCUT2D eigenvalue weighted by molar-refractivity contribution is 5.21. The zero-order valence-electron chi connectivity index (χ0n) is 16.9. The van der Waals surface area contributed by atoms with Crippen LogP contribution in [0.1, 0.15) is 79.1 Å². The lowest BCUT2D eigenvalue weighted by Crippen LogP contribution is -2.55. The smallest absolute Gasteiger partial charge is 0.272 e. The largest absolute Gasteiger partial charge is 0.449 e. The van der Waals surface area contributed by atoms with Gasteiger partial charge in [0.15, 0.2) is 0 Å². The van der Waals surface area contributed by atoms with Gasteiger partial charge in [-0.1, -0.05) is 71.6 Å². The van der Waals surface area contributed by atoms with Crippen molar-refractivity contribution in [3.8, 4) is 5.75 Å². The average Bonchev–Trinajstić information content (AvgIpc) is 2.63. The van der Waals surface area contributed by atoms with Crippen molar-refractivity contribution in [2.45, 2.75) is 85.0 Å². The van der Waals surface area contributed by atoms with Crippen molar-refractivity contribution in [3.05, 3.63) is 30.3 Å². The van der Waals surface area contributed by atoms with Gasteiger partial charge >= 0.3 is 0 Å². The summed E-state index contributed by atoms with van der Waals surface area (Å²) >= 11 is 0. The Balaban J connectivity index is 3.04. The van der Waals surface area contributed by atoms with Gasteiger partial charge in [0, 0.05) is 19.5 Å². The second-order valence-corrected chi connectivity index (χ2v) is 6.72. The van der Waals surface area contributed by atoms with Gasteiger partial charge in [0.2, 0.25) is 0 Å². The fourth-order valence-electron chi connectivity index (χ4n) is 3.03. The topological polar surface area (TPSA) is 21.7 Å². The molecule has 0 N–H and O–H groups in total. The van der Waals surface area contributed by atoms with E-state index < -0.39 is 5.91 Å². The van der Waals surface area contributed by atoms with Crippen LogP contribution in [0.5, 0.6) is 5.75 Å². The van der Waals surface area contributed by atoms with Gasteiger partial charge in [-0.15, -0.1) is 0 Å². The molecule has 0 aliphatic rings. The Morgan fingerprint density at radius 1 is 0.840 bits per heavy atom. The van der Waals surface area contributed by atoms with Gasteiger partial charge in [0.25, 0.3) is 5.91 Å². The standard InChI is InChI=1S/C22H39NO2/c1-5-9-15-18-22(24-20-11-7-3,23(8-4)19-10-6-2)25-21-16-13-12-14-17-21/h12-14,16-17H,5-11,15,18-20H2,1-4H3. The molecule has 1 atom stereocenters. The third-order valence-corrected chi connectivity index (χ3v) is 4.59. The van der Waals surface area contributed by atoms with E-state index in [0.717, 1.165) is 51.1 Å². The Morgan fingerprint density at radius 2 is 1.52 bits per heavy atom. The molecule has 0 aliphatic carbocycles. The summed E-state index contributed by atoms with van der Waals surface area (Å²) in [6.07, 6.45) is 9.01. The lowest BCUT2D eigenvalue weighted by atomic mass is 10.1. The van der Waals surface area contributed by atoms with Crippen molar-refractivity contribution in [3.63, 3.8) is 0 Å². The summed E-state index contributed by atoms with van der Waals surface area (Å²) in [7, 11) is 0. The Labute approximate surface area is 155 Å². The number of hydrogen-bond donors (Lipinski definition) is 0. The summed E-state index contributed by atoms with van der Waals surface area (Å²) in [6.45, 7) is 11.6. The van der Waals surface area contributed by atoms with E-state index in [1.165, 1.54) is 25.7 Å². The van der Waals surface area contributed by atoms with E-state index in [4.69, 9.17) is 9.47 Å². The monoisotopic (exact) mass is 349 g/mol. The van der Waals surface area contributed by atoms with Crippen LogP contribution >= 0.6 is 0 Å². The summed E-state index contributed by atoms with van der Waals surface area (Å²) < 4.78 is 13.0. The van der Waals surface area contributed by atoms with Crippen LogP contribution in [0.4, 0.5) is 0 Å². The predicted octanol–water partition coefficient (Wildman–Crippen LogP) is 6.24. The van der Waals surface area contributed by atoms with Crippen LogP contribution in [0.2, 0.25) is 0 Å². The molecule has 1 aromatic rings. The van der Waals surface area contributed by atoms with E-state index in [0.29, 0.717) is 0 Å². The highest BCUT2D eigenvalue weighted by Crippen LogP contribution is 2.29. The fraction of sp³-hybridized carbons (Fsp3) is 0.727. The van der Waals surface area contributed by atoms with Crippen molar-refractivity contribution >= 4 is 0 Å². The van der Waals surface area contributed by atoms with Gasteiger partial charge in [0.05, 0.1) is 6.61 Å². The van der Waals surface area contributed by atoms with Crippen molar-refractivity contribution < 1.29 is 9.47 Å². The van der Waals surface area contributed by atoms with E-state index >= 15 is 0 Å². The third-order valence-electron chi connectivity index (χ3n) is 4.59. The van der Waals surface area contributed by atoms with Crippen molar-refractivity contribution in [1.29, 1.82) is 0 Å². The maximum Gasteiger partial charge on any atom is 0.272 e. The van der Waals surface area contributed by atoms with Gasteiger partial charge in [-0.05, 0) is 31.4 Å². The van der Waals surface area contributed by atoms with E-state index in [-0.39, 0.29) is 0 Å². The van der Waals surface area contributed by atoms with Gasteiger partial charge in [0.1, 0.15) is 5.75 Å². The van der Waals surface area contributed by atoms with Crippen molar-refractivity contribution in [1.82, 2.24) is 4.90 Å². The first kappa shape index (κ1) is 22.0. The van der Waals surface area contributed by atoms with Crippen LogP contribution in [-0.2, 0) is 4.74 Å². The van der Waals surface area contributed by atoms with E-state index in [1.54, 1.807) is 0 Å². The van der Waals surface area contributed by atoms with Crippen LogP contribution in [-0.4, -0.2) is 30.5 Å². The molecule has 0 fully saturated rings. The predicted molar refractivity (Wildman–Crippen MR) is 107 cm³/mol. The molecule has 144 valence electrons. The lowest BCUT2D eigenvalue weighted by Gasteiger charge is -2.43. The molecular weight excluding hydrogens is 310 g/mol. The summed E-state index contributed by atoms with van der Waals surface area (Å²) in [4.78, 5) is 2.40. The van der Waals surface area contributed by atoms with E-state index in [1.807, 2.05) is 30.3 Å². The first-order valence-electron chi connectivity index (χ1n) is 10.3. The molecule has 1 aromatic carbocycles. The minimum Gasteiger partial charge on any atom is -0.449 e. The molecule has 1 rings (SSSR count). The molecule has 0 spiro atoms. The molecule has 0 radical (unpaired) electrons. The normalized spacial score (nSPS) is 13.8. The number of rotatable bonds is 15. The first-order chi connectivity index (χ1) is 12.2. The van der Waals surface area contributed by atoms with Gasteiger partial charge in [-0.2, -0.15) is 0 Å². The van der Waals surface area contributed by atoms with Crippen molar-refractivity contribution in [2.75, 3.05) is 19.7 Å². The molecule has 0 aliphatic heterocycles. The van der Waals surface area contributed by atoms with E-state index in [2.05, 4.69) is 32.6 Å². The Morgan fingerprint density at radius 3 is 2.12 bits per heavy atom. The molecule has 0 heterocycles. The quantitative estimate of drug-likeness (QED) is 0.276. The van der Waals surface area contributed by atoms with E-state index in [9.17, 15) is 0 Å². The van der Waals surface area contributed by atoms with Crippen LogP contribution in [0.15, 0.2) is 30.3 Å². The molecular formula is C22H39NO2. The van der Waals surface area contributed by atoms with Crippen LogP contribution in [0.25, 0.3) is 0 Å². The van der Waals surface area contributed by atoms with Gasteiger partial charge < -0.3 is 9.47 Å². The molecule has 3 nitrogen and oxygen atoms in total. The SMILES string of the molecule is CCCCCC(OCCCC)(Oc1ccccc1)N(CC)CCCC. The molecule has 1 unspecified atom stereocenters. The minimum absolute atomic E-state index is 0.643. The summed E-state index contributed by atoms with van der Waals surface area (Å²) in [5.41, 5.74) is 0. The number of nitrogens with zero attached hydrogens (tertiary/aromatic N) is 1. The number of hydrogen-bond acceptors (Lipinski definition) is 3. The zero-order chi connectivity index (χ0) is 18.4. The van der Waals surface area contributed by atoms with Gasteiger partial charge in [-0.25, -0.2) is 4.90 Å². The number of unbranched alkanes of at least 4 members (excludes halogenated alkanes) is 4. The number of para-hydroxylation sites is 1. The Hall–Kier alpha value is -1.06.